The number of benzene rings is 1. The van der Waals surface area contributed by atoms with Gasteiger partial charge in [-0.15, -0.1) is 0 Å². The van der Waals surface area contributed by atoms with E-state index in [1.54, 1.807) is 4.68 Å². The third-order valence-corrected chi connectivity index (χ3v) is 9.27. The number of carbonyl (C=O) groups excluding carboxylic acids is 1. The zero-order chi connectivity index (χ0) is 19.4. The fraction of sp³-hybridized carbons (Fsp3) is 0.526. The van der Waals surface area contributed by atoms with Crippen LogP contribution in [-0.4, -0.2) is 29.1 Å². The van der Waals surface area contributed by atoms with E-state index >= 15 is 0 Å². The van der Waals surface area contributed by atoms with Gasteiger partial charge in [0.05, 0.1) is 6.61 Å². The van der Waals surface area contributed by atoms with Gasteiger partial charge in [0.1, 0.15) is 19.0 Å². The summed E-state index contributed by atoms with van der Waals surface area (Å²) >= 11 is 0. The van der Waals surface area contributed by atoms with Gasteiger partial charge >= 0.3 is 5.97 Å². The Balaban J connectivity index is 1.90. The predicted octanol–water partition coefficient (Wildman–Crippen LogP) is 3.85. The zero-order valence-electron chi connectivity index (χ0n) is 16.6. The van der Waals surface area contributed by atoms with Gasteiger partial charge in [0.15, 0.2) is 14.1 Å². The molecule has 1 heterocycles. The molecule has 0 aliphatic carbocycles. The largest absolute Gasteiger partial charge is 0.459 e. The summed E-state index contributed by atoms with van der Waals surface area (Å²) in [6.45, 7) is 13.5. The van der Waals surface area contributed by atoms with Crippen LogP contribution in [0.4, 0.5) is 0 Å². The van der Waals surface area contributed by atoms with E-state index < -0.39 is 8.32 Å². The summed E-state index contributed by atoms with van der Waals surface area (Å²) in [4.78, 5) is 16.5. The molecule has 0 radical (unpaired) electrons. The molecule has 2 aromatic rings. The summed E-state index contributed by atoms with van der Waals surface area (Å²) in [7, 11) is -1.86. The Morgan fingerprint density at radius 2 is 1.81 bits per heavy atom. The second-order valence-corrected chi connectivity index (χ2v) is 12.7. The average molecular weight is 376 g/mol. The SMILES string of the molecule is Cc1nc(CO[Si](C)(C)C(C)(C)C)nn1CC(=O)OCc1ccccc1. The van der Waals surface area contributed by atoms with Gasteiger partial charge in [0, 0.05) is 0 Å². The molecule has 1 aromatic carbocycles. The van der Waals surface area contributed by atoms with E-state index in [0.717, 1.165) is 5.56 Å². The summed E-state index contributed by atoms with van der Waals surface area (Å²) < 4.78 is 13.0. The zero-order valence-corrected chi connectivity index (χ0v) is 17.6. The first-order valence-electron chi connectivity index (χ1n) is 8.82. The van der Waals surface area contributed by atoms with Gasteiger partial charge in [-0.05, 0) is 30.6 Å². The standard InChI is InChI=1S/C19H29N3O3Si/c1-15-20-17(14-25-26(5,6)19(2,3)4)21-22(15)12-18(23)24-13-16-10-8-7-9-11-16/h7-11H,12-14H2,1-6H3. The minimum atomic E-state index is -1.86. The number of aromatic nitrogens is 3. The first kappa shape index (κ1) is 20.3. The van der Waals surface area contributed by atoms with Gasteiger partial charge in [-0.1, -0.05) is 51.1 Å². The molecule has 0 fully saturated rings. The van der Waals surface area contributed by atoms with Crippen molar-refractivity contribution in [1.82, 2.24) is 14.8 Å². The summed E-state index contributed by atoms with van der Waals surface area (Å²) in [5.74, 6) is 0.942. The van der Waals surface area contributed by atoms with E-state index in [1.807, 2.05) is 37.3 Å². The molecule has 0 aliphatic rings. The van der Waals surface area contributed by atoms with Gasteiger partial charge < -0.3 is 9.16 Å². The molecule has 0 atom stereocenters. The van der Waals surface area contributed by atoms with E-state index in [4.69, 9.17) is 9.16 Å². The Hall–Kier alpha value is -1.99. The third kappa shape index (κ3) is 5.50. The fourth-order valence-corrected chi connectivity index (χ4v) is 2.98. The number of hydrogen-bond acceptors (Lipinski definition) is 5. The van der Waals surface area contributed by atoms with Gasteiger partial charge in [0.25, 0.3) is 0 Å². The Kier molecular flexibility index (Phi) is 6.36. The maximum atomic E-state index is 12.1. The summed E-state index contributed by atoms with van der Waals surface area (Å²) in [5.41, 5.74) is 0.958. The van der Waals surface area contributed by atoms with Crippen molar-refractivity contribution in [3.63, 3.8) is 0 Å². The number of hydrogen-bond donors (Lipinski definition) is 0. The lowest BCUT2D eigenvalue weighted by atomic mass is 10.2. The molecule has 1 aromatic heterocycles. The molecule has 26 heavy (non-hydrogen) atoms. The molecular weight excluding hydrogens is 346 g/mol. The highest BCUT2D eigenvalue weighted by Crippen LogP contribution is 2.36. The first-order chi connectivity index (χ1) is 12.1. The van der Waals surface area contributed by atoms with Gasteiger partial charge in [0.2, 0.25) is 0 Å². The van der Waals surface area contributed by atoms with Crippen LogP contribution in [0.1, 0.15) is 38.0 Å². The number of ether oxygens (including phenoxy) is 1. The second kappa shape index (κ2) is 8.14. The topological polar surface area (TPSA) is 66.2 Å². The van der Waals surface area contributed by atoms with Crippen LogP contribution in [0.5, 0.6) is 0 Å². The van der Waals surface area contributed by atoms with Crippen LogP contribution in [0.3, 0.4) is 0 Å². The molecule has 0 bridgehead atoms. The van der Waals surface area contributed by atoms with E-state index in [2.05, 4.69) is 43.9 Å². The number of aryl methyl sites for hydroxylation is 1. The lowest BCUT2D eigenvalue weighted by Gasteiger charge is -2.35. The predicted molar refractivity (Wildman–Crippen MR) is 103 cm³/mol. The smallest absolute Gasteiger partial charge is 0.328 e. The molecular formula is C19H29N3O3Si. The van der Waals surface area contributed by atoms with E-state index in [-0.39, 0.29) is 24.2 Å². The molecule has 2 rings (SSSR count). The highest BCUT2D eigenvalue weighted by atomic mass is 28.4. The second-order valence-electron chi connectivity index (χ2n) is 7.93. The van der Waals surface area contributed by atoms with Gasteiger partial charge in [-0.3, -0.25) is 4.79 Å². The maximum Gasteiger partial charge on any atom is 0.328 e. The fourth-order valence-electron chi connectivity index (χ4n) is 2.06. The van der Waals surface area contributed by atoms with Crippen molar-refractivity contribution in [2.45, 2.75) is 65.6 Å². The van der Waals surface area contributed by atoms with E-state index in [9.17, 15) is 4.79 Å². The average Bonchev–Trinajstić information content (AvgIpc) is 2.91. The van der Waals surface area contributed by atoms with E-state index in [0.29, 0.717) is 18.3 Å². The normalized spacial score (nSPS) is 12.2. The molecule has 142 valence electrons. The lowest BCUT2D eigenvalue weighted by Crippen LogP contribution is -2.40. The number of carbonyl (C=O) groups is 1. The third-order valence-electron chi connectivity index (χ3n) is 4.79. The van der Waals surface area contributed by atoms with Crippen LogP contribution in [-0.2, 0) is 33.7 Å². The molecule has 7 heteroatoms. The van der Waals surface area contributed by atoms with Gasteiger partial charge in [-0.25, -0.2) is 9.67 Å². The first-order valence-corrected chi connectivity index (χ1v) is 11.7. The van der Waals surface area contributed by atoms with Crippen molar-refractivity contribution < 1.29 is 14.0 Å². The van der Waals surface area contributed by atoms with Crippen LogP contribution < -0.4 is 0 Å². The molecule has 0 N–H and O–H groups in total. The Morgan fingerprint density at radius 1 is 1.15 bits per heavy atom. The van der Waals surface area contributed by atoms with E-state index in [1.165, 1.54) is 0 Å². The molecule has 0 saturated carbocycles. The molecule has 6 nitrogen and oxygen atoms in total. The highest BCUT2D eigenvalue weighted by Gasteiger charge is 2.37. The minimum Gasteiger partial charge on any atom is -0.459 e. The van der Waals surface area contributed by atoms with Crippen molar-refractivity contribution >= 4 is 14.3 Å². The molecule has 0 aliphatic heterocycles. The summed E-state index contributed by atoms with van der Waals surface area (Å²) in [6, 6.07) is 9.60. The van der Waals surface area contributed by atoms with Crippen molar-refractivity contribution in [3.8, 4) is 0 Å². The lowest BCUT2D eigenvalue weighted by molar-refractivity contribution is -0.145. The molecule has 0 spiro atoms. The Bertz CT molecular complexity index is 736. The molecule has 0 unspecified atom stereocenters. The van der Waals surface area contributed by atoms with Crippen LogP contribution in [0.25, 0.3) is 0 Å². The van der Waals surface area contributed by atoms with Crippen molar-refractivity contribution in [2.24, 2.45) is 0 Å². The molecule has 0 amide bonds. The maximum absolute atomic E-state index is 12.1. The van der Waals surface area contributed by atoms with Crippen LogP contribution in [0.15, 0.2) is 30.3 Å². The van der Waals surface area contributed by atoms with Crippen molar-refractivity contribution in [2.75, 3.05) is 0 Å². The minimum absolute atomic E-state index is 0.0474. The van der Waals surface area contributed by atoms with Crippen LogP contribution in [0, 0.1) is 6.92 Å². The van der Waals surface area contributed by atoms with Crippen LogP contribution in [0.2, 0.25) is 18.1 Å². The number of esters is 1. The Labute approximate surface area is 156 Å². The highest BCUT2D eigenvalue weighted by molar-refractivity contribution is 6.74. The number of nitrogens with zero attached hydrogens (tertiary/aromatic N) is 3. The van der Waals surface area contributed by atoms with Crippen molar-refractivity contribution in [1.29, 1.82) is 0 Å². The van der Waals surface area contributed by atoms with Crippen molar-refractivity contribution in [3.05, 3.63) is 47.5 Å². The Morgan fingerprint density at radius 3 is 2.42 bits per heavy atom. The molecule has 0 saturated heterocycles. The van der Waals surface area contributed by atoms with Crippen LogP contribution >= 0.6 is 0 Å². The summed E-state index contributed by atoms with van der Waals surface area (Å²) in [5, 5.41) is 4.52. The monoisotopic (exact) mass is 375 g/mol. The van der Waals surface area contributed by atoms with Gasteiger partial charge in [-0.2, -0.15) is 5.10 Å². The quantitative estimate of drug-likeness (QED) is 0.543. The summed E-state index contributed by atoms with van der Waals surface area (Å²) in [6.07, 6.45) is 0. The number of rotatable bonds is 7.